The third-order valence-electron chi connectivity index (χ3n) is 14.1. The Labute approximate surface area is 390 Å². The Morgan fingerprint density at radius 1 is 0.313 bits per heavy atom. The quantitative estimate of drug-likeness (QED) is 0.148. The zero-order chi connectivity index (χ0) is 44.3. The van der Waals surface area contributed by atoms with E-state index in [2.05, 4.69) is 276 Å². The van der Waals surface area contributed by atoms with Crippen LogP contribution in [0.15, 0.2) is 267 Å². The minimum Gasteiger partial charge on any atom is -0.311 e. The lowest BCUT2D eigenvalue weighted by Crippen LogP contribution is -2.28. The molecule has 0 atom stereocenters. The third-order valence-corrected chi connectivity index (χ3v) is 14.1. The summed E-state index contributed by atoms with van der Waals surface area (Å²) in [5.74, 6) is 0. The average Bonchev–Trinajstić information content (AvgIpc) is 3.90. The Kier molecular flexibility index (Phi) is 9.11. The molecular formula is C65H44N2. The number of fused-ring (bicyclic) bond motifs is 8. The fourth-order valence-electron chi connectivity index (χ4n) is 11.2. The van der Waals surface area contributed by atoms with Crippen molar-refractivity contribution in [3.63, 3.8) is 0 Å². The lowest BCUT2D eigenvalue weighted by atomic mass is 9.68. The first kappa shape index (κ1) is 38.7. The van der Waals surface area contributed by atoms with Gasteiger partial charge in [0, 0.05) is 38.9 Å². The van der Waals surface area contributed by atoms with E-state index in [9.17, 15) is 0 Å². The van der Waals surface area contributed by atoms with E-state index in [1.807, 2.05) is 0 Å². The molecule has 0 spiro atoms. The molecule has 0 amide bonds. The van der Waals surface area contributed by atoms with Gasteiger partial charge in [-0.25, -0.2) is 0 Å². The summed E-state index contributed by atoms with van der Waals surface area (Å²) >= 11 is 0. The normalized spacial score (nSPS) is 12.6. The van der Waals surface area contributed by atoms with E-state index in [4.69, 9.17) is 0 Å². The summed E-state index contributed by atoms with van der Waals surface area (Å²) in [7, 11) is 0. The maximum absolute atomic E-state index is 2.53. The van der Waals surface area contributed by atoms with Gasteiger partial charge in [0.15, 0.2) is 0 Å². The largest absolute Gasteiger partial charge is 0.311 e. The summed E-state index contributed by atoms with van der Waals surface area (Å²) in [6, 6.07) is 97.9. The molecule has 2 heteroatoms. The van der Waals surface area contributed by atoms with Crippen LogP contribution in [0.25, 0.3) is 71.6 Å². The van der Waals surface area contributed by atoms with E-state index in [0.717, 1.165) is 22.7 Å². The average molecular weight is 853 g/mol. The van der Waals surface area contributed by atoms with Crippen LogP contribution in [-0.2, 0) is 5.41 Å². The number of aromatic nitrogens is 1. The topological polar surface area (TPSA) is 8.17 Å². The number of hydrogen-bond acceptors (Lipinski definition) is 1. The Bertz CT molecular complexity index is 3700. The number of para-hydroxylation sites is 2. The predicted octanol–water partition coefficient (Wildman–Crippen LogP) is 17.1. The SMILES string of the molecule is c1ccc(N(c2ccccc2)c2ccc(-c3ccccc3-c3ccc4c5ccc6ccccc6c5n(-c5ccc6c(c5)-c5ccccc5C6(c5ccccc5)c5ccccc5)c4c3)cc2)cc1. The second-order valence-corrected chi connectivity index (χ2v) is 17.6. The molecule has 12 aromatic rings. The number of hydrogen-bond donors (Lipinski definition) is 0. The van der Waals surface area contributed by atoms with Crippen molar-refractivity contribution in [1.82, 2.24) is 4.57 Å². The van der Waals surface area contributed by atoms with Crippen molar-refractivity contribution in [2.24, 2.45) is 0 Å². The van der Waals surface area contributed by atoms with Gasteiger partial charge < -0.3 is 9.47 Å². The highest BCUT2D eigenvalue weighted by Crippen LogP contribution is 2.56. The van der Waals surface area contributed by atoms with Gasteiger partial charge in [-0.3, -0.25) is 0 Å². The monoisotopic (exact) mass is 852 g/mol. The Morgan fingerprint density at radius 3 is 1.49 bits per heavy atom. The van der Waals surface area contributed by atoms with Gasteiger partial charge in [0.1, 0.15) is 0 Å². The van der Waals surface area contributed by atoms with Crippen molar-refractivity contribution in [2.75, 3.05) is 4.90 Å². The van der Waals surface area contributed by atoms with Crippen LogP contribution in [0.2, 0.25) is 0 Å². The highest BCUT2D eigenvalue weighted by atomic mass is 15.1. The fraction of sp³-hybridized carbons (Fsp3) is 0.0154. The van der Waals surface area contributed by atoms with Crippen LogP contribution in [0, 0.1) is 0 Å². The van der Waals surface area contributed by atoms with Crippen LogP contribution >= 0.6 is 0 Å². The molecule has 0 aliphatic heterocycles. The summed E-state index contributed by atoms with van der Waals surface area (Å²) in [5, 5.41) is 4.94. The van der Waals surface area contributed by atoms with Gasteiger partial charge in [-0.15, -0.1) is 0 Å². The molecule has 2 nitrogen and oxygen atoms in total. The molecule has 67 heavy (non-hydrogen) atoms. The van der Waals surface area contributed by atoms with Crippen molar-refractivity contribution >= 4 is 49.6 Å². The number of anilines is 3. The van der Waals surface area contributed by atoms with Crippen LogP contribution in [-0.4, -0.2) is 4.57 Å². The van der Waals surface area contributed by atoms with Gasteiger partial charge in [-0.05, 0) is 116 Å². The maximum atomic E-state index is 2.53. The van der Waals surface area contributed by atoms with Crippen LogP contribution in [0.3, 0.4) is 0 Å². The van der Waals surface area contributed by atoms with E-state index in [0.29, 0.717) is 0 Å². The molecule has 0 fully saturated rings. The van der Waals surface area contributed by atoms with Gasteiger partial charge in [0.2, 0.25) is 0 Å². The van der Waals surface area contributed by atoms with Crippen molar-refractivity contribution in [3.8, 4) is 39.1 Å². The molecular weight excluding hydrogens is 809 g/mol. The van der Waals surface area contributed by atoms with E-state index < -0.39 is 5.41 Å². The standard InChI is InChI=1S/C65H44N2/c1-5-20-48(21-6-1)65(49-22-7-2-8-23-49)61-32-18-17-31-57(61)60-44-53(39-42-62(60)65)67-63-43-47(36-40-58(63)59-41-35-45-19-13-14-30-56(45)64(59)67)55-29-16-15-28-54(55)46-33-37-52(38-34-46)66(50-24-9-3-10-25-50)51-26-11-4-12-27-51/h1-44H. The molecule has 1 aromatic heterocycles. The molecule has 0 unspecified atom stereocenters. The zero-order valence-corrected chi connectivity index (χ0v) is 36.8. The number of rotatable bonds is 8. The predicted molar refractivity (Wildman–Crippen MR) is 281 cm³/mol. The lowest BCUT2D eigenvalue weighted by Gasteiger charge is -2.33. The molecule has 0 bridgehead atoms. The molecule has 314 valence electrons. The van der Waals surface area contributed by atoms with Gasteiger partial charge in [0.05, 0.1) is 16.4 Å². The van der Waals surface area contributed by atoms with Gasteiger partial charge in [-0.1, -0.05) is 212 Å². The van der Waals surface area contributed by atoms with Crippen molar-refractivity contribution in [2.45, 2.75) is 5.41 Å². The zero-order valence-electron chi connectivity index (χ0n) is 36.8. The molecule has 0 N–H and O–H groups in total. The fourth-order valence-corrected chi connectivity index (χ4v) is 11.2. The first-order chi connectivity index (χ1) is 33.3. The minimum atomic E-state index is -0.461. The molecule has 1 heterocycles. The summed E-state index contributed by atoms with van der Waals surface area (Å²) in [4.78, 5) is 2.31. The first-order valence-electron chi connectivity index (χ1n) is 23.2. The highest BCUT2D eigenvalue weighted by Gasteiger charge is 2.46. The molecule has 0 radical (unpaired) electrons. The van der Waals surface area contributed by atoms with Gasteiger partial charge >= 0.3 is 0 Å². The highest BCUT2D eigenvalue weighted by molar-refractivity contribution is 6.19. The van der Waals surface area contributed by atoms with Gasteiger partial charge in [0.25, 0.3) is 0 Å². The Hall–Kier alpha value is -8.72. The Morgan fingerprint density at radius 2 is 0.821 bits per heavy atom. The van der Waals surface area contributed by atoms with E-state index in [1.54, 1.807) is 0 Å². The molecule has 1 aliphatic carbocycles. The Balaban J connectivity index is 0.996. The number of nitrogens with zero attached hydrogens (tertiary/aromatic N) is 2. The second-order valence-electron chi connectivity index (χ2n) is 17.6. The van der Waals surface area contributed by atoms with Crippen LogP contribution in [0.4, 0.5) is 17.1 Å². The first-order valence-corrected chi connectivity index (χ1v) is 23.2. The summed E-state index contributed by atoms with van der Waals surface area (Å²) < 4.78 is 2.53. The minimum absolute atomic E-state index is 0.461. The van der Waals surface area contributed by atoms with Crippen molar-refractivity contribution in [3.05, 3.63) is 289 Å². The second kappa shape index (κ2) is 15.8. The van der Waals surface area contributed by atoms with Crippen LogP contribution in [0.5, 0.6) is 0 Å². The smallest absolute Gasteiger partial charge is 0.0713 e. The van der Waals surface area contributed by atoms with Crippen molar-refractivity contribution < 1.29 is 0 Å². The van der Waals surface area contributed by atoms with E-state index in [-0.39, 0.29) is 0 Å². The number of benzene rings is 11. The van der Waals surface area contributed by atoms with E-state index >= 15 is 0 Å². The lowest BCUT2D eigenvalue weighted by molar-refractivity contribution is 0.768. The summed E-state index contributed by atoms with van der Waals surface area (Å²) in [6.45, 7) is 0. The van der Waals surface area contributed by atoms with E-state index in [1.165, 1.54) is 88.2 Å². The van der Waals surface area contributed by atoms with Crippen LogP contribution < -0.4 is 4.90 Å². The molecule has 11 aromatic carbocycles. The molecule has 13 rings (SSSR count). The molecule has 0 saturated heterocycles. The summed E-state index contributed by atoms with van der Waals surface area (Å²) in [5.41, 5.74) is 18.9. The molecule has 1 aliphatic rings. The van der Waals surface area contributed by atoms with Crippen LogP contribution in [0.1, 0.15) is 22.3 Å². The van der Waals surface area contributed by atoms with Gasteiger partial charge in [-0.2, -0.15) is 0 Å². The molecule has 0 saturated carbocycles. The van der Waals surface area contributed by atoms with Crippen molar-refractivity contribution in [1.29, 1.82) is 0 Å². The summed E-state index contributed by atoms with van der Waals surface area (Å²) in [6.07, 6.45) is 0. The third kappa shape index (κ3) is 6.11. The maximum Gasteiger partial charge on any atom is 0.0713 e.